The highest BCUT2D eigenvalue weighted by Crippen LogP contribution is 2.32. The number of aryl methyl sites for hydroxylation is 1. The molecule has 102 valence electrons. The van der Waals surface area contributed by atoms with Crippen LogP contribution in [0, 0.1) is 0 Å². The van der Waals surface area contributed by atoms with Crippen molar-refractivity contribution >= 4 is 11.9 Å². The third kappa shape index (κ3) is 2.95. The van der Waals surface area contributed by atoms with Crippen molar-refractivity contribution < 1.29 is 14.7 Å². The first-order valence-electron chi connectivity index (χ1n) is 6.68. The van der Waals surface area contributed by atoms with Crippen LogP contribution in [0.1, 0.15) is 37.3 Å². The lowest BCUT2D eigenvalue weighted by molar-refractivity contribution is -0.151. The standard InChI is InChI=1S/C15H19NO3/c1-2-11-5-3-6-12(9-11)10-13(17)16-15(14(18)19)7-4-8-15/h3,5-6,9H,2,4,7-8,10H2,1H3,(H,16,17)(H,18,19). The minimum Gasteiger partial charge on any atom is -0.480 e. The average Bonchev–Trinajstić information content (AvgIpc) is 2.33. The summed E-state index contributed by atoms with van der Waals surface area (Å²) in [6, 6.07) is 7.84. The topological polar surface area (TPSA) is 66.4 Å². The zero-order valence-electron chi connectivity index (χ0n) is 11.1. The quantitative estimate of drug-likeness (QED) is 0.851. The first-order chi connectivity index (χ1) is 9.05. The molecule has 0 atom stereocenters. The summed E-state index contributed by atoms with van der Waals surface area (Å²) in [5, 5.41) is 11.8. The highest BCUT2D eigenvalue weighted by molar-refractivity contribution is 5.88. The number of carbonyl (C=O) groups excluding carboxylic acids is 1. The van der Waals surface area contributed by atoms with Crippen molar-refractivity contribution in [1.29, 1.82) is 0 Å². The predicted molar refractivity (Wildman–Crippen MR) is 71.9 cm³/mol. The summed E-state index contributed by atoms with van der Waals surface area (Å²) in [7, 11) is 0. The molecule has 1 aromatic carbocycles. The van der Waals surface area contributed by atoms with Gasteiger partial charge < -0.3 is 10.4 Å². The van der Waals surface area contributed by atoms with Gasteiger partial charge >= 0.3 is 5.97 Å². The molecule has 4 heteroatoms. The smallest absolute Gasteiger partial charge is 0.329 e. The second-order valence-electron chi connectivity index (χ2n) is 5.14. The molecule has 0 spiro atoms. The van der Waals surface area contributed by atoms with E-state index in [0.717, 1.165) is 18.4 Å². The Kier molecular flexibility index (Phi) is 3.88. The van der Waals surface area contributed by atoms with Crippen molar-refractivity contribution in [2.24, 2.45) is 0 Å². The molecule has 1 aliphatic rings. The maximum absolute atomic E-state index is 12.0. The molecule has 0 unspecified atom stereocenters. The Morgan fingerprint density at radius 3 is 2.53 bits per heavy atom. The van der Waals surface area contributed by atoms with E-state index in [0.29, 0.717) is 12.8 Å². The number of hydrogen-bond donors (Lipinski definition) is 2. The number of carboxylic acid groups (broad SMARTS) is 1. The molecular formula is C15H19NO3. The van der Waals surface area contributed by atoms with Gasteiger partial charge in [-0.3, -0.25) is 4.79 Å². The third-order valence-electron chi connectivity index (χ3n) is 3.76. The van der Waals surface area contributed by atoms with E-state index in [1.54, 1.807) is 0 Å². The van der Waals surface area contributed by atoms with E-state index in [1.807, 2.05) is 24.3 Å². The Balaban J connectivity index is 1.99. The molecule has 4 nitrogen and oxygen atoms in total. The summed E-state index contributed by atoms with van der Waals surface area (Å²) in [6.45, 7) is 2.06. The number of rotatable bonds is 5. The normalized spacial score (nSPS) is 16.5. The van der Waals surface area contributed by atoms with Gasteiger partial charge in [-0.1, -0.05) is 31.2 Å². The van der Waals surface area contributed by atoms with Gasteiger partial charge in [0.05, 0.1) is 6.42 Å². The highest BCUT2D eigenvalue weighted by Gasteiger charge is 2.45. The number of amides is 1. The molecule has 2 rings (SSSR count). The molecule has 1 saturated carbocycles. The fourth-order valence-corrected chi connectivity index (χ4v) is 2.38. The molecular weight excluding hydrogens is 242 g/mol. The number of carboxylic acids is 1. The molecule has 1 aliphatic carbocycles. The van der Waals surface area contributed by atoms with Crippen LogP contribution in [-0.4, -0.2) is 22.5 Å². The molecule has 1 amide bonds. The average molecular weight is 261 g/mol. The van der Waals surface area contributed by atoms with Crippen LogP contribution in [0.5, 0.6) is 0 Å². The van der Waals surface area contributed by atoms with Crippen LogP contribution >= 0.6 is 0 Å². The van der Waals surface area contributed by atoms with Gasteiger partial charge in [0.25, 0.3) is 0 Å². The van der Waals surface area contributed by atoms with Gasteiger partial charge in [-0.15, -0.1) is 0 Å². The minimum atomic E-state index is -1.01. The molecule has 1 fully saturated rings. The van der Waals surface area contributed by atoms with Crippen LogP contribution in [0.15, 0.2) is 24.3 Å². The summed E-state index contributed by atoms with van der Waals surface area (Å²) in [4.78, 5) is 23.1. The van der Waals surface area contributed by atoms with Crippen molar-refractivity contribution in [2.75, 3.05) is 0 Å². The Hall–Kier alpha value is -1.84. The van der Waals surface area contributed by atoms with E-state index in [9.17, 15) is 9.59 Å². The number of carbonyl (C=O) groups is 2. The summed E-state index contributed by atoms with van der Waals surface area (Å²) in [6.07, 6.45) is 3.08. The molecule has 0 bridgehead atoms. The number of benzene rings is 1. The van der Waals surface area contributed by atoms with Gasteiger partial charge in [0.2, 0.25) is 5.91 Å². The molecule has 0 aromatic heterocycles. The molecule has 0 aliphatic heterocycles. The lowest BCUT2D eigenvalue weighted by Gasteiger charge is -2.38. The highest BCUT2D eigenvalue weighted by atomic mass is 16.4. The van der Waals surface area contributed by atoms with Crippen LogP contribution in [0.4, 0.5) is 0 Å². The molecule has 1 aromatic rings. The van der Waals surface area contributed by atoms with Crippen molar-refractivity contribution in [2.45, 2.75) is 44.6 Å². The Labute approximate surface area is 112 Å². The van der Waals surface area contributed by atoms with Crippen LogP contribution < -0.4 is 5.32 Å². The van der Waals surface area contributed by atoms with E-state index < -0.39 is 11.5 Å². The number of aliphatic carboxylic acids is 1. The second-order valence-corrected chi connectivity index (χ2v) is 5.14. The largest absolute Gasteiger partial charge is 0.480 e. The van der Waals surface area contributed by atoms with Gasteiger partial charge in [-0.25, -0.2) is 4.79 Å². The predicted octanol–water partition coefficient (Wildman–Crippen LogP) is 1.92. The maximum atomic E-state index is 12.0. The lowest BCUT2D eigenvalue weighted by Crippen LogP contribution is -2.59. The van der Waals surface area contributed by atoms with Crippen LogP contribution in [0.25, 0.3) is 0 Å². The Morgan fingerprint density at radius 2 is 2.00 bits per heavy atom. The summed E-state index contributed by atoms with van der Waals surface area (Å²) in [5.41, 5.74) is 1.10. The molecule has 0 saturated heterocycles. The molecule has 19 heavy (non-hydrogen) atoms. The fraction of sp³-hybridized carbons (Fsp3) is 0.467. The summed E-state index contributed by atoms with van der Waals surface area (Å²) >= 11 is 0. The van der Waals surface area contributed by atoms with Crippen molar-refractivity contribution in [3.8, 4) is 0 Å². The van der Waals surface area contributed by atoms with Crippen LogP contribution in [0.3, 0.4) is 0 Å². The van der Waals surface area contributed by atoms with Crippen LogP contribution in [0.2, 0.25) is 0 Å². The molecule has 0 heterocycles. The summed E-state index contributed by atoms with van der Waals surface area (Å²) in [5.74, 6) is -1.13. The van der Waals surface area contributed by atoms with Crippen molar-refractivity contribution in [3.63, 3.8) is 0 Å². The van der Waals surface area contributed by atoms with Gasteiger partial charge in [-0.2, -0.15) is 0 Å². The monoisotopic (exact) mass is 261 g/mol. The summed E-state index contributed by atoms with van der Waals surface area (Å²) < 4.78 is 0. The zero-order valence-corrected chi connectivity index (χ0v) is 11.1. The molecule has 0 radical (unpaired) electrons. The van der Waals surface area contributed by atoms with E-state index in [4.69, 9.17) is 5.11 Å². The van der Waals surface area contributed by atoms with E-state index >= 15 is 0 Å². The zero-order chi connectivity index (χ0) is 13.9. The Bertz CT molecular complexity index is 492. The minimum absolute atomic E-state index is 0.213. The van der Waals surface area contributed by atoms with Gasteiger partial charge in [0.15, 0.2) is 0 Å². The number of hydrogen-bond acceptors (Lipinski definition) is 2. The first-order valence-corrected chi connectivity index (χ1v) is 6.68. The number of nitrogens with one attached hydrogen (secondary N) is 1. The lowest BCUT2D eigenvalue weighted by atomic mass is 9.76. The van der Waals surface area contributed by atoms with Crippen molar-refractivity contribution in [3.05, 3.63) is 35.4 Å². The molecule has 2 N–H and O–H groups in total. The maximum Gasteiger partial charge on any atom is 0.329 e. The third-order valence-corrected chi connectivity index (χ3v) is 3.76. The van der Waals surface area contributed by atoms with E-state index in [1.165, 1.54) is 5.56 Å². The SMILES string of the molecule is CCc1cccc(CC(=O)NC2(C(=O)O)CCC2)c1. The van der Waals surface area contributed by atoms with Gasteiger partial charge in [-0.05, 0) is 36.8 Å². The van der Waals surface area contributed by atoms with Crippen molar-refractivity contribution in [1.82, 2.24) is 5.32 Å². The van der Waals surface area contributed by atoms with Gasteiger partial charge in [0, 0.05) is 0 Å². The van der Waals surface area contributed by atoms with E-state index in [-0.39, 0.29) is 12.3 Å². The fourth-order valence-electron chi connectivity index (χ4n) is 2.38. The van der Waals surface area contributed by atoms with Crippen LogP contribution in [-0.2, 0) is 22.4 Å². The Morgan fingerprint density at radius 1 is 1.32 bits per heavy atom. The van der Waals surface area contributed by atoms with E-state index in [2.05, 4.69) is 12.2 Å². The first kappa shape index (κ1) is 13.6. The second kappa shape index (κ2) is 5.43. The van der Waals surface area contributed by atoms with Gasteiger partial charge in [0.1, 0.15) is 5.54 Å².